The Labute approximate surface area is 92.4 Å². The average molecular weight is 213 g/mol. The van der Waals surface area contributed by atoms with Crippen molar-refractivity contribution < 1.29 is 4.79 Å². The lowest BCUT2D eigenvalue weighted by atomic mass is 9.97. The number of hydrogen-bond acceptors (Lipinski definition) is 3. The number of carbonyl (C=O) groups is 1. The second-order valence-electron chi connectivity index (χ2n) is 4.11. The molecule has 1 saturated heterocycles. The summed E-state index contributed by atoms with van der Waals surface area (Å²) in [4.78, 5) is 13.9. The van der Waals surface area contributed by atoms with Crippen molar-refractivity contribution in [1.29, 1.82) is 0 Å². The van der Waals surface area contributed by atoms with E-state index in [0.717, 1.165) is 45.6 Å². The summed E-state index contributed by atoms with van der Waals surface area (Å²) in [5.41, 5.74) is 0. The third-order valence-corrected chi connectivity index (χ3v) is 2.98. The van der Waals surface area contributed by atoms with Crippen LogP contribution in [0.2, 0.25) is 0 Å². The van der Waals surface area contributed by atoms with Crippen molar-refractivity contribution in [1.82, 2.24) is 15.5 Å². The average Bonchev–Trinajstić information content (AvgIpc) is 2.29. The molecule has 0 aliphatic carbocycles. The first-order valence-corrected chi connectivity index (χ1v) is 5.92. The molecule has 0 aromatic rings. The van der Waals surface area contributed by atoms with E-state index in [0.29, 0.717) is 0 Å². The Morgan fingerprint density at radius 1 is 1.53 bits per heavy atom. The Morgan fingerprint density at radius 2 is 2.33 bits per heavy atom. The van der Waals surface area contributed by atoms with Gasteiger partial charge >= 0.3 is 0 Å². The molecule has 0 aromatic heterocycles. The highest BCUT2D eigenvalue weighted by molar-refractivity contribution is 5.78. The SMILES string of the molecule is CCNCCN1CCCC(C(=O)NC)C1. The van der Waals surface area contributed by atoms with Gasteiger partial charge in [-0.05, 0) is 25.9 Å². The van der Waals surface area contributed by atoms with Gasteiger partial charge in [-0.2, -0.15) is 0 Å². The van der Waals surface area contributed by atoms with Gasteiger partial charge in [0.1, 0.15) is 0 Å². The molecule has 4 nitrogen and oxygen atoms in total. The highest BCUT2D eigenvalue weighted by Crippen LogP contribution is 2.15. The summed E-state index contributed by atoms with van der Waals surface area (Å²) in [5.74, 6) is 0.397. The predicted octanol–water partition coefficient (Wildman–Crippen LogP) is 0.0539. The van der Waals surface area contributed by atoms with Crippen LogP contribution in [0.5, 0.6) is 0 Å². The molecule has 1 unspecified atom stereocenters. The summed E-state index contributed by atoms with van der Waals surface area (Å²) in [7, 11) is 1.72. The molecule has 0 bridgehead atoms. The van der Waals surface area contributed by atoms with Crippen LogP contribution in [0.3, 0.4) is 0 Å². The van der Waals surface area contributed by atoms with Crippen LogP contribution in [-0.4, -0.2) is 50.6 Å². The number of carbonyl (C=O) groups excluding carboxylic acids is 1. The maximum Gasteiger partial charge on any atom is 0.224 e. The van der Waals surface area contributed by atoms with Gasteiger partial charge in [-0.25, -0.2) is 0 Å². The molecular formula is C11H23N3O. The number of likely N-dealkylation sites (tertiary alicyclic amines) is 1. The fraction of sp³-hybridized carbons (Fsp3) is 0.909. The van der Waals surface area contributed by atoms with E-state index in [4.69, 9.17) is 0 Å². The van der Waals surface area contributed by atoms with Crippen LogP contribution in [0, 0.1) is 5.92 Å². The molecule has 0 radical (unpaired) electrons. The Morgan fingerprint density at radius 3 is 3.00 bits per heavy atom. The molecule has 0 aromatic carbocycles. The molecule has 0 saturated carbocycles. The van der Waals surface area contributed by atoms with Gasteiger partial charge in [-0.3, -0.25) is 4.79 Å². The van der Waals surface area contributed by atoms with E-state index >= 15 is 0 Å². The van der Waals surface area contributed by atoms with Gasteiger partial charge in [0.2, 0.25) is 5.91 Å². The van der Waals surface area contributed by atoms with Crippen LogP contribution in [0.4, 0.5) is 0 Å². The first-order valence-electron chi connectivity index (χ1n) is 5.92. The number of rotatable bonds is 5. The van der Waals surface area contributed by atoms with Crippen molar-refractivity contribution in [2.24, 2.45) is 5.92 Å². The number of hydrogen-bond donors (Lipinski definition) is 2. The first-order chi connectivity index (χ1) is 7.27. The third kappa shape index (κ3) is 4.18. The van der Waals surface area contributed by atoms with E-state index in [1.165, 1.54) is 0 Å². The molecule has 0 spiro atoms. The minimum absolute atomic E-state index is 0.197. The van der Waals surface area contributed by atoms with Crippen LogP contribution in [-0.2, 0) is 4.79 Å². The van der Waals surface area contributed by atoms with Gasteiger partial charge < -0.3 is 15.5 Å². The molecule has 1 amide bonds. The monoisotopic (exact) mass is 213 g/mol. The smallest absolute Gasteiger partial charge is 0.224 e. The predicted molar refractivity (Wildman–Crippen MR) is 61.8 cm³/mol. The van der Waals surface area contributed by atoms with Crippen LogP contribution in [0.1, 0.15) is 19.8 Å². The van der Waals surface area contributed by atoms with Gasteiger partial charge in [-0.15, -0.1) is 0 Å². The van der Waals surface area contributed by atoms with E-state index in [-0.39, 0.29) is 11.8 Å². The zero-order valence-electron chi connectivity index (χ0n) is 9.88. The van der Waals surface area contributed by atoms with Gasteiger partial charge in [0, 0.05) is 26.7 Å². The summed E-state index contributed by atoms with van der Waals surface area (Å²) in [6.45, 7) is 7.28. The van der Waals surface area contributed by atoms with Crippen LogP contribution in [0.25, 0.3) is 0 Å². The van der Waals surface area contributed by atoms with E-state index < -0.39 is 0 Å². The summed E-state index contributed by atoms with van der Waals surface area (Å²) < 4.78 is 0. The van der Waals surface area contributed by atoms with Crippen molar-refractivity contribution in [3.8, 4) is 0 Å². The van der Waals surface area contributed by atoms with E-state index in [2.05, 4.69) is 22.5 Å². The van der Waals surface area contributed by atoms with Gasteiger partial charge in [-0.1, -0.05) is 6.92 Å². The fourth-order valence-corrected chi connectivity index (χ4v) is 2.09. The lowest BCUT2D eigenvalue weighted by Gasteiger charge is -2.31. The summed E-state index contributed by atoms with van der Waals surface area (Å²) in [6.07, 6.45) is 2.18. The van der Waals surface area contributed by atoms with Crippen molar-refractivity contribution in [2.45, 2.75) is 19.8 Å². The zero-order valence-corrected chi connectivity index (χ0v) is 9.88. The van der Waals surface area contributed by atoms with Crippen LogP contribution < -0.4 is 10.6 Å². The molecular weight excluding hydrogens is 190 g/mol. The zero-order chi connectivity index (χ0) is 11.1. The molecule has 15 heavy (non-hydrogen) atoms. The maximum atomic E-state index is 11.5. The van der Waals surface area contributed by atoms with Crippen LogP contribution >= 0.6 is 0 Å². The highest BCUT2D eigenvalue weighted by Gasteiger charge is 2.24. The number of nitrogens with one attached hydrogen (secondary N) is 2. The summed E-state index contributed by atoms with van der Waals surface area (Å²) >= 11 is 0. The second-order valence-corrected chi connectivity index (χ2v) is 4.11. The van der Waals surface area contributed by atoms with Crippen LogP contribution in [0.15, 0.2) is 0 Å². The van der Waals surface area contributed by atoms with Gasteiger partial charge in [0.15, 0.2) is 0 Å². The topological polar surface area (TPSA) is 44.4 Å². The minimum atomic E-state index is 0.197. The number of amides is 1. The number of likely N-dealkylation sites (N-methyl/N-ethyl adjacent to an activating group) is 1. The van der Waals surface area contributed by atoms with Gasteiger partial charge in [0.05, 0.1) is 5.92 Å². The lowest BCUT2D eigenvalue weighted by molar-refractivity contribution is -0.126. The van der Waals surface area contributed by atoms with Crippen molar-refractivity contribution >= 4 is 5.91 Å². The molecule has 88 valence electrons. The Bertz CT molecular complexity index is 196. The molecule has 4 heteroatoms. The quantitative estimate of drug-likeness (QED) is 0.635. The third-order valence-electron chi connectivity index (χ3n) is 2.98. The second kappa shape index (κ2) is 6.80. The van der Waals surface area contributed by atoms with E-state index in [9.17, 15) is 4.79 Å². The minimum Gasteiger partial charge on any atom is -0.359 e. The normalized spacial score (nSPS) is 22.7. The molecule has 1 fully saturated rings. The van der Waals surface area contributed by atoms with Crippen molar-refractivity contribution in [3.63, 3.8) is 0 Å². The Balaban J connectivity index is 2.26. The molecule has 1 rings (SSSR count). The first kappa shape index (κ1) is 12.5. The molecule has 1 atom stereocenters. The van der Waals surface area contributed by atoms with Gasteiger partial charge in [0.25, 0.3) is 0 Å². The lowest BCUT2D eigenvalue weighted by Crippen LogP contribution is -2.44. The van der Waals surface area contributed by atoms with E-state index in [1.54, 1.807) is 7.05 Å². The van der Waals surface area contributed by atoms with E-state index in [1.807, 2.05) is 0 Å². The van der Waals surface area contributed by atoms with Crippen molar-refractivity contribution in [3.05, 3.63) is 0 Å². The highest BCUT2D eigenvalue weighted by atomic mass is 16.1. The molecule has 2 N–H and O–H groups in total. The number of nitrogens with zero attached hydrogens (tertiary/aromatic N) is 1. The number of piperidine rings is 1. The summed E-state index contributed by atoms with van der Waals surface area (Å²) in [6, 6.07) is 0. The summed E-state index contributed by atoms with van der Waals surface area (Å²) in [5, 5.41) is 6.05. The fourth-order valence-electron chi connectivity index (χ4n) is 2.09. The molecule has 1 aliphatic heterocycles. The molecule has 1 heterocycles. The Kier molecular flexibility index (Phi) is 5.65. The largest absolute Gasteiger partial charge is 0.359 e. The maximum absolute atomic E-state index is 11.5. The van der Waals surface area contributed by atoms with Crippen molar-refractivity contribution in [2.75, 3.05) is 39.8 Å². The molecule has 1 aliphatic rings. The Hall–Kier alpha value is -0.610. The standard InChI is InChI=1S/C11H23N3O/c1-3-13-6-8-14-7-4-5-10(9-14)11(15)12-2/h10,13H,3-9H2,1-2H3,(H,12,15).